The molecule has 1 aliphatic rings. The highest BCUT2D eigenvalue weighted by molar-refractivity contribution is 7.92. The molecule has 27 heavy (non-hydrogen) atoms. The fourth-order valence-electron chi connectivity index (χ4n) is 3.50. The lowest BCUT2D eigenvalue weighted by Gasteiger charge is -2.40. The first-order valence-electron chi connectivity index (χ1n) is 9.01. The molecule has 144 valence electrons. The summed E-state index contributed by atoms with van der Waals surface area (Å²) in [6, 6.07) is 15.6. The fraction of sp³-hybridized carbons (Fsp3) is 0.333. The lowest BCUT2D eigenvalue weighted by molar-refractivity contribution is 0.0687. The quantitative estimate of drug-likeness (QED) is 0.823. The topological polar surface area (TPSA) is 57.6 Å². The highest BCUT2D eigenvalue weighted by Gasteiger charge is 2.37. The molecule has 0 aliphatic carbocycles. The highest BCUT2D eigenvalue weighted by Crippen LogP contribution is 2.36. The summed E-state index contributed by atoms with van der Waals surface area (Å²) in [5.41, 5.74) is 1.24. The second-order valence-corrected chi connectivity index (χ2v) is 8.94. The summed E-state index contributed by atoms with van der Waals surface area (Å²) in [6.07, 6.45) is 3.21. The van der Waals surface area contributed by atoms with Gasteiger partial charge in [0.2, 0.25) is 10.0 Å². The number of rotatable bonds is 6. The van der Waals surface area contributed by atoms with E-state index < -0.39 is 15.4 Å². The van der Waals surface area contributed by atoms with Gasteiger partial charge in [0.25, 0.3) is 0 Å². The summed E-state index contributed by atoms with van der Waals surface area (Å²) < 4.78 is 40.1. The zero-order valence-electron chi connectivity index (χ0n) is 15.1. The Morgan fingerprint density at radius 3 is 2.41 bits per heavy atom. The number of hydrogen-bond donors (Lipinski definition) is 1. The number of halogens is 1. The molecule has 0 atom stereocenters. The van der Waals surface area contributed by atoms with E-state index in [1.165, 1.54) is 21.8 Å². The van der Waals surface area contributed by atoms with Gasteiger partial charge in [0.05, 0.1) is 0 Å². The molecule has 0 spiro atoms. The summed E-state index contributed by atoms with van der Waals surface area (Å²) in [4.78, 5) is 0. The average Bonchev–Trinajstić information content (AvgIpc) is 2.68. The van der Waals surface area contributed by atoms with Crippen LogP contribution >= 0.6 is 0 Å². The van der Waals surface area contributed by atoms with Gasteiger partial charge < -0.3 is 5.11 Å². The van der Waals surface area contributed by atoms with Crippen LogP contribution in [-0.4, -0.2) is 37.5 Å². The van der Waals surface area contributed by atoms with Gasteiger partial charge in [-0.2, -0.15) is 4.31 Å². The number of benzene rings is 2. The number of aliphatic hydroxyl groups excluding tert-OH is 1. The molecule has 1 aliphatic heterocycles. The van der Waals surface area contributed by atoms with Crippen molar-refractivity contribution in [2.45, 2.75) is 19.3 Å². The maximum Gasteiger partial charge on any atom is 0.236 e. The molecule has 2 aromatic rings. The molecule has 1 fully saturated rings. The number of nitrogens with zero attached hydrogens (tertiary/aromatic N) is 1. The van der Waals surface area contributed by atoms with Crippen LogP contribution in [0.3, 0.4) is 0 Å². The predicted molar refractivity (Wildman–Crippen MR) is 105 cm³/mol. The molecule has 1 heterocycles. The van der Waals surface area contributed by atoms with E-state index in [1.807, 2.05) is 36.4 Å². The standard InChI is InChI=1S/C21H24FNO3S/c22-20-8-4-7-19(15-20)16-21(17-24)10-12-23(13-11-21)27(25,26)14-9-18-5-2-1-3-6-18/h1-9,14-15,24H,10-13,16-17H2. The summed E-state index contributed by atoms with van der Waals surface area (Å²) >= 11 is 0. The van der Waals surface area contributed by atoms with Crippen molar-refractivity contribution in [3.63, 3.8) is 0 Å². The Balaban J connectivity index is 1.66. The van der Waals surface area contributed by atoms with Crippen LogP contribution < -0.4 is 0 Å². The minimum Gasteiger partial charge on any atom is -0.396 e. The van der Waals surface area contributed by atoms with Crippen molar-refractivity contribution in [2.75, 3.05) is 19.7 Å². The molecule has 6 heteroatoms. The smallest absolute Gasteiger partial charge is 0.236 e. The van der Waals surface area contributed by atoms with Gasteiger partial charge in [-0.15, -0.1) is 0 Å². The van der Waals surface area contributed by atoms with Crippen LogP contribution in [0.2, 0.25) is 0 Å². The van der Waals surface area contributed by atoms with Crippen LogP contribution in [0.1, 0.15) is 24.0 Å². The van der Waals surface area contributed by atoms with E-state index in [2.05, 4.69) is 0 Å². The molecule has 3 rings (SSSR count). The van der Waals surface area contributed by atoms with E-state index in [9.17, 15) is 17.9 Å². The maximum absolute atomic E-state index is 13.4. The van der Waals surface area contributed by atoms with Crippen molar-refractivity contribution in [3.05, 3.63) is 76.9 Å². The zero-order chi connectivity index (χ0) is 19.3. The van der Waals surface area contributed by atoms with Gasteiger partial charge in [-0.1, -0.05) is 42.5 Å². The monoisotopic (exact) mass is 389 g/mol. The third-order valence-electron chi connectivity index (χ3n) is 5.18. The van der Waals surface area contributed by atoms with Crippen molar-refractivity contribution in [2.24, 2.45) is 5.41 Å². The largest absolute Gasteiger partial charge is 0.396 e. The van der Waals surface area contributed by atoms with Crippen LogP contribution in [-0.2, 0) is 16.4 Å². The first kappa shape index (κ1) is 19.7. The number of aliphatic hydroxyl groups is 1. The molecule has 0 aromatic heterocycles. The van der Waals surface area contributed by atoms with Gasteiger partial charge in [0.15, 0.2) is 0 Å². The van der Waals surface area contributed by atoms with Crippen LogP contribution in [0.15, 0.2) is 60.0 Å². The van der Waals surface area contributed by atoms with Crippen LogP contribution in [0, 0.1) is 11.2 Å². The fourth-order valence-corrected chi connectivity index (χ4v) is 4.69. The lowest BCUT2D eigenvalue weighted by Crippen LogP contribution is -2.45. The SMILES string of the molecule is O=S(=O)(C=Cc1ccccc1)N1CCC(CO)(Cc2cccc(F)c2)CC1. The molecule has 4 nitrogen and oxygen atoms in total. The molecular weight excluding hydrogens is 365 g/mol. The minimum absolute atomic E-state index is 0.0444. The molecule has 0 unspecified atom stereocenters. The zero-order valence-corrected chi connectivity index (χ0v) is 15.9. The van der Waals surface area contributed by atoms with E-state index in [0.29, 0.717) is 32.4 Å². The van der Waals surface area contributed by atoms with Crippen LogP contribution in [0.4, 0.5) is 4.39 Å². The van der Waals surface area contributed by atoms with E-state index in [4.69, 9.17) is 0 Å². The normalized spacial score (nSPS) is 18.0. The molecule has 1 N–H and O–H groups in total. The minimum atomic E-state index is -3.51. The van der Waals surface area contributed by atoms with E-state index in [-0.39, 0.29) is 12.4 Å². The Morgan fingerprint density at radius 1 is 1.07 bits per heavy atom. The Hall–Kier alpha value is -2.02. The summed E-state index contributed by atoms with van der Waals surface area (Å²) in [5.74, 6) is -0.299. The van der Waals surface area contributed by atoms with Crippen molar-refractivity contribution < 1.29 is 17.9 Å². The van der Waals surface area contributed by atoms with E-state index in [1.54, 1.807) is 12.1 Å². The molecule has 1 saturated heterocycles. The first-order valence-corrected chi connectivity index (χ1v) is 10.5. The second-order valence-electron chi connectivity index (χ2n) is 7.12. The lowest BCUT2D eigenvalue weighted by atomic mass is 9.75. The maximum atomic E-state index is 13.4. The van der Waals surface area contributed by atoms with Gasteiger partial charge >= 0.3 is 0 Å². The van der Waals surface area contributed by atoms with Crippen LogP contribution in [0.5, 0.6) is 0 Å². The van der Waals surface area contributed by atoms with Gasteiger partial charge in [0.1, 0.15) is 5.82 Å². The molecule has 0 bridgehead atoms. The van der Waals surface area contributed by atoms with Gasteiger partial charge in [-0.25, -0.2) is 12.8 Å². The van der Waals surface area contributed by atoms with Crippen molar-refractivity contribution in [1.29, 1.82) is 0 Å². The number of hydrogen-bond acceptors (Lipinski definition) is 3. The molecule has 0 amide bonds. The van der Waals surface area contributed by atoms with Gasteiger partial charge in [-0.3, -0.25) is 0 Å². The highest BCUT2D eigenvalue weighted by atomic mass is 32.2. The number of piperidine rings is 1. The number of sulfonamides is 1. The summed E-state index contributed by atoms with van der Waals surface area (Å²) in [7, 11) is -3.51. The third kappa shape index (κ3) is 5.03. The second kappa shape index (κ2) is 8.33. The third-order valence-corrected chi connectivity index (χ3v) is 6.74. The Morgan fingerprint density at radius 2 is 1.78 bits per heavy atom. The Bertz CT molecular complexity index is 889. The van der Waals surface area contributed by atoms with Crippen LogP contribution in [0.25, 0.3) is 6.08 Å². The average molecular weight is 389 g/mol. The van der Waals surface area contributed by atoms with Crippen molar-refractivity contribution in [1.82, 2.24) is 4.31 Å². The van der Waals surface area contributed by atoms with E-state index in [0.717, 1.165) is 11.1 Å². The van der Waals surface area contributed by atoms with Gasteiger partial charge in [-0.05, 0) is 54.0 Å². The van der Waals surface area contributed by atoms with Crippen molar-refractivity contribution in [3.8, 4) is 0 Å². The molecule has 0 saturated carbocycles. The molecular formula is C21H24FNO3S. The summed E-state index contributed by atoms with van der Waals surface area (Å²) in [5, 5.41) is 11.2. The predicted octanol–water partition coefficient (Wildman–Crippen LogP) is 3.44. The summed E-state index contributed by atoms with van der Waals surface area (Å²) in [6.45, 7) is 0.645. The molecule has 0 radical (unpaired) electrons. The van der Waals surface area contributed by atoms with Crippen molar-refractivity contribution >= 4 is 16.1 Å². The Kier molecular flexibility index (Phi) is 6.09. The molecule has 2 aromatic carbocycles. The first-order chi connectivity index (χ1) is 12.9. The van der Waals surface area contributed by atoms with Gasteiger partial charge in [0, 0.05) is 25.1 Å². The Labute approximate surface area is 160 Å². The van der Waals surface area contributed by atoms with E-state index >= 15 is 0 Å².